The number of halogens is 1. The molecule has 0 aliphatic carbocycles. The molecule has 1 aromatic carbocycles. The highest BCUT2D eigenvalue weighted by molar-refractivity contribution is 5.74. The van der Waals surface area contributed by atoms with E-state index in [0.29, 0.717) is 6.42 Å². The molecule has 0 fully saturated rings. The minimum absolute atomic E-state index is 0.0219. The molecule has 0 aromatic heterocycles. The van der Waals surface area contributed by atoms with E-state index < -0.39 is 0 Å². The summed E-state index contributed by atoms with van der Waals surface area (Å²) in [6, 6.07) is 5.51. The highest BCUT2D eigenvalue weighted by Crippen LogP contribution is 2.32. The Labute approximate surface area is 125 Å². The molecule has 5 heteroatoms. The van der Waals surface area contributed by atoms with Gasteiger partial charge in [0.15, 0.2) is 0 Å². The number of aliphatic hydroxyl groups is 1. The highest BCUT2D eigenvalue weighted by atomic mass is 19.1. The Kier molecular flexibility index (Phi) is 6.15. The number of rotatable bonds is 5. The summed E-state index contributed by atoms with van der Waals surface area (Å²) in [5.74, 6) is -0.322. The zero-order chi connectivity index (χ0) is 16.0. The summed E-state index contributed by atoms with van der Waals surface area (Å²) in [5.41, 5.74) is 0.471. The number of carbonyl (C=O) groups is 1. The van der Waals surface area contributed by atoms with Crippen LogP contribution in [0.4, 0.5) is 9.18 Å². The van der Waals surface area contributed by atoms with E-state index in [-0.39, 0.29) is 36.0 Å². The smallest absolute Gasteiger partial charge is 0.315 e. The molecule has 0 saturated carbocycles. The lowest BCUT2D eigenvalue weighted by atomic mass is 9.82. The normalized spacial score (nSPS) is 14.4. The van der Waals surface area contributed by atoms with Crippen LogP contribution in [-0.2, 0) is 0 Å². The predicted octanol–water partition coefficient (Wildman–Crippen LogP) is 2.98. The van der Waals surface area contributed by atoms with Gasteiger partial charge >= 0.3 is 6.03 Å². The monoisotopic (exact) mass is 296 g/mol. The Bertz CT molecular complexity index is 472. The molecule has 1 aromatic rings. The van der Waals surface area contributed by atoms with Crippen LogP contribution in [0, 0.1) is 11.2 Å². The second-order valence-corrected chi connectivity index (χ2v) is 6.39. The molecule has 0 spiro atoms. The lowest BCUT2D eigenvalue weighted by Crippen LogP contribution is -2.45. The fourth-order valence-corrected chi connectivity index (χ4v) is 2.15. The summed E-state index contributed by atoms with van der Waals surface area (Å²) in [6.07, 6.45) is 0.494. The predicted molar refractivity (Wildman–Crippen MR) is 81.4 cm³/mol. The van der Waals surface area contributed by atoms with Crippen molar-refractivity contribution in [2.24, 2.45) is 5.41 Å². The third-order valence-electron chi connectivity index (χ3n) is 3.26. The van der Waals surface area contributed by atoms with E-state index in [1.165, 1.54) is 12.1 Å². The van der Waals surface area contributed by atoms with Crippen molar-refractivity contribution >= 4 is 6.03 Å². The lowest BCUT2D eigenvalue weighted by Gasteiger charge is -2.32. The van der Waals surface area contributed by atoms with Gasteiger partial charge in [-0.3, -0.25) is 0 Å². The van der Waals surface area contributed by atoms with Crippen LogP contribution in [0.15, 0.2) is 24.3 Å². The molecular formula is C16H25FN2O2. The van der Waals surface area contributed by atoms with E-state index in [0.717, 1.165) is 5.56 Å². The van der Waals surface area contributed by atoms with Gasteiger partial charge in [-0.1, -0.05) is 32.9 Å². The maximum Gasteiger partial charge on any atom is 0.315 e. The molecule has 3 N–H and O–H groups in total. The van der Waals surface area contributed by atoms with Crippen LogP contribution in [0.2, 0.25) is 0 Å². The number of amides is 2. The van der Waals surface area contributed by atoms with Crippen molar-refractivity contribution in [2.75, 3.05) is 6.61 Å². The summed E-state index contributed by atoms with van der Waals surface area (Å²) >= 11 is 0. The van der Waals surface area contributed by atoms with Crippen molar-refractivity contribution in [1.82, 2.24) is 10.6 Å². The van der Waals surface area contributed by atoms with E-state index in [2.05, 4.69) is 10.6 Å². The molecule has 1 rings (SSSR count). The molecule has 0 aliphatic rings. The van der Waals surface area contributed by atoms with Gasteiger partial charge in [0, 0.05) is 12.6 Å². The van der Waals surface area contributed by atoms with Crippen LogP contribution in [0.3, 0.4) is 0 Å². The van der Waals surface area contributed by atoms with Crippen molar-refractivity contribution in [3.8, 4) is 0 Å². The number of urea groups is 1. The van der Waals surface area contributed by atoms with Crippen molar-refractivity contribution in [1.29, 1.82) is 0 Å². The fourth-order valence-electron chi connectivity index (χ4n) is 2.15. The van der Waals surface area contributed by atoms with Gasteiger partial charge in [0.2, 0.25) is 0 Å². The third-order valence-corrected chi connectivity index (χ3v) is 3.26. The molecule has 0 radical (unpaired) electrons. The first-order chi connectivity index (χ1) is 9.74. The van der Waals surface area contributed by atoms with Gasteiger partial charge < -0.3 is 15.7 Å². The fraction of sp³-hybridized carbons (Fsp3) is 0.562. The Balaban J connectivity index is 2.83. The molecule has 21 heavy (non-hydrogen) atoms. The molecule has 4 nitrogen and oxygen atoms in total. The zero-order valence-corrected chi connectivity index (χ0v) is 13.1. The standard InChI is InChI=1S/C16H25FN2O2/c1-11(8-9-20)18-15(21)19-14(16(2,3)4)12-6-5-7-13(17)10-12/h5-7,10-11,14,20H,8-9H2,1-4H3,(H2,18,19,21)/t11-,14?/m1/s1. The average molecular weight is 296 g/mol. The summed E-state index contributed by atoms with van der Waals surface area (Å²) < 4.78 is 13.4. The lowest BCUT2D eigenvalue weighted by molar-refractivity contribution is 0.211. The SMILES string of the molecule is C[C@H](CCO)NC(=O)NC(c1cccc(F)c1)C(C)(C)C. The highest BCUT2D eigenvalue weighted by Gasteiger charge is 2.28. The Morgan fingerprint density at radius 1 is 1.33 bits per heavy atom. The summed E-state index contributed by atoms with van der Waals surface area (Å²) in [4.78, 5) is 12.0. The van der Waals surface area contributed by atoms with Crippen LogP contribution in [0.25, 0.3) is 0 Å². The van der Waals surface area contributed by atoms with Crippen LogP contribution in [-0.4, -0.2) is 23.8 Å². The molecule has 0 heterocycles. The van der Waals surface area contributed by atoms with Crippen molar-refractivity contribution < 1.29 is 14.3 Å². The van der Waals surface area contributed by atoms with E-state index in [4.69, 9.17) is 5.11 Å². The van der Waals surface area contributed by atoms with Gasteiger partial charge in [-0.25, -0.2) is 9.18 Å². The Morgan fingerprint density at radius 2 is 2.00 bits per heavy atom. The minimum atomic E-state index is -0.322. The van der Waals surface area contributed by atoms with Crippen molar-refractivity contribution in [3.63, 3.8) is 0 Å². The second-order valence-electron chi connectivity index (χ2n) is 6.39. The molecule has 0 aliphatic heterocycles. The molecular weight excluding hydrogens is 271 g/mol. The van der Waals surface area contributed by atoms with Crippen LogP contribution >= 0.6 is 0 Å². The Morgan fingerprint density at radius 3 is 2.52 bits per heavy atom. The van der Waals surface area contributed by atoms with Crippen LogP contribution in [0.5, 0.6) is 0 Å². The van der Waals surface area contributed by atoms with E-state index >= 15 is 0 Å². The van der Waals surface area contributed by atoms with Crippen LogP contribution in [0.1, 0.15) is 45.7 Å². The van der Waals surface area contributed by atoms with Gasteiger partial charge in [-0.15, -0.1) is 0 Å². The average Bonchev–Trinajstić information content (AvgIpc) is 2.34. The zero-order valence-electron chi connectivity index (χ0n) is 13.1. The Hall–Kier alpha value is -1.62. The third kappa shape index (κ3) is 5.71. The maximum absolute atomic E-state index is 13.4. The summed E-state index contributed by atoms with van der Waals surface area (Å²) in [6.45, 7) is 7.80. The minimum Gasteiger partial charge on any atom is -0.396 e. The molecule has 0 saturated heterocycles. The maximum atomic E-state index is 13.4. The summed E-state index contributed by atoms with van der Waals surface area (Å²) in [7, 11) is 0. The van der Waals surface area contributed by atoms with Gasteiger partial charge in [0.1, 0.15) is 5.82 Å². The molecule has 1 unspecified atom stereocenters. The number of hydrogen-bond acceptors (Lipinski definition) is 2. The van der Waals surface area contributed by atoms with Gasteiger partial charge in [-0.05, 0) is 36.5 Å². The van der Waals surface area contributed by atoms with Gasteiger partial charge in [-0.2, -0.15) is 0 Å². The topological polar surface area (TPSA) is 61.4 Å². The molecule has 118 valence electrons. The molecule has 2 atom stereocenters. The van der Waals surface area contributed by atoms with Crippen LogP contribution < -0.4 is 10.6 Å². The van der Waals surface area contributed by atoms with E-state index in [1.807, 2.05) is 27.7 Å². The quantitative estimate of drug-likeness (QED) is 0.782. The number of benzene rings is 1. The van der Waals surface area contributed by atoms with Gasteiger partial charge in [0.25, 0.3) is 0 Å². The van der Waals surface area contributed by atoms with E-state index in [9.17, 15) is 9.18 Å². The molecule has 2 amide bonds. The van der Waals surface area contributed by atoms with Crippen molar-refractivity contribution in [3.05, 3.63) is 35.6 Å². The second kappa shape index (κ2) is 7.41. The van der Waals surface area contributed by atoms with Crippen molar-refractivity contribution in [2.45, 2.75) is 46.2 Å². The number of nitrogens with one attached hydrogen (secondary N) is 2. The first kappa shape index (κ1) is 17.4. The number of carbonyl (C=O) groups excluding carboxylic acids is 1. The summed E-state index contributed by atoms with van der Waals surface area (Å²) in [5, 5.41) is 14.5. The first-order valence-electron chi connectivity index (χ1n) is 7.17. The molecule has 0 bridgehead atoms. The number of hydrogen-bond donors (Lipinski definition) is 3. The number of aliphatic hydroxyl groups excluding tert-OH is 1. The largest absolute Gasteiger partial charge is 0.396 e. The van der Waals surface area contributed by atoms with E-state index in [1.54, 1.807) is 12.1 Å². The van der Waals surface area contributed by atoms with Gasteiger partial charge in [0.05, 0.1) is 6.04 Å². The first-order valence-corrected chi connectivity index (χ1v) is 7.17.